The smallest absolute Gasteiger partial charge is 0.343 e. The number of carbonyl (C=O) groups excluding carboxylic acids is 2. The normalized spacial score (nSPS) is 11.4. The first-order valence-electron chi connectivity index (χ1n) is 14.6. The number of carbonyl (C=O) groups is 2. The number of rotatable bonds is 17. The maximum atomic E-state index is 12.3. The van der Waals surface area contributed by atoms with Crippen molar-refractivity contribution in [3.8, 4) is 12.1 Å². The van der Waals surface area contributed by atoms with Gasteiger partial charge in [-0.05, 0) is 99.2 Å². The first-order chi connectivity index (χ1) is 20.7. The zero-order valence-electron chi connectivity index (χ0n) is 25.2. The van der Waals surface area contributed by atoms with Crippen LogP contribution in [0.4, 0.5) is 0 Å². The molecule has 0 saturated carbocycles. The zero-order valence-corrected chi connectivity index (χ0v) is 25.2. The molecule has 2 aromatic carbocycles. The predicted octanol–water partition coefficient (Wildman–Crippen LogP) is 9.04. The Hall–Kier alpha value is -4.94. The van der Waals surface area contributed by atoms with Crippen molar-refractivity contribution < 1.29 is 19.1 Å². The van der Waals surface area contributed by atoms with E-state index in [0.717, 1.165) is 25.7 Å². The Morgan fingerprint density at radius 3 is 1.60 bits per heavy atom. The van der Waals surface area contributed by atoms with Crippen LogP contribution in [0.5, 0.6) is 0 Å². The minimum Gasteiger partial charge on any atom is -0.428 e. The molecule has 0 aliphatic heterocycles. The Bertz CT molecular complexity index is 1430. The van der Waals surface area contributed by atoms with Crippen molar-refractivity contribution in [3.05, 3.63) is 131 Å². The molecule has 2 aromatic rings. The third kappa shape index (κ3) is 14.0. The monoisotopic (exact) mass is 576 g/mol. The maximum Gasteiger partial charge on any atom is 0.343 e. The summed E-state index contributed by atoms with van der Waals surface area (Å²) < 4.78 is 10.5. The summed E-state index contributed by atoms with van der Waals surface area (Å²) in [4.78, 5) is 24.6. The van der Waals surface area contributed by atoms with Crippen LogP contribution in [0, 0.1) is 22.7 Å². The molecular formula is C37H40N2O4. The van der Waals surface area contributed by atoms with Crippen molar-refractivity contribution in [1.29, 1.82) is 10.5 Å². The van der Waals surface area contributed by atoms with Crippen LogP contribution >= 0.6 is 0 Å². The lowest BCUT2D eigenvalue weighted by molar-refractivity contribution is 0.0620. The predicted molar refractivity (Wildman–Crippen MR) is 170 cm³/mol. The van der Waals surface area contributed by atoms with E-state index in [9.17, 15) is 9.59 Å². The topological polar surface area (TPSA) is 100 Å². The van der Waals surface area contributed by atoms with Gasteiger partial charge in [0.25, 0.3) is 0 Å². The number of ether oxygens (including phenoxy) is 2. The number of hydrogen-bond acceptors (Lipinski definition) is 6. The first kappa shape index (κ1) is 34.3. The standard InChI is InChI=1S/C37H40N2O4/c1-28(26-38)14-16-30(3)42-36(40)34-22-18-32(19-23-34)12-10-8-6-5-7-9-11-13-33-20-24-35(25-21-33)37(41)43-31(4)17-15-29(2)27-39/h14-25H,1,3,5-13H2,2,4H3/b16-14-,29-15+,31-17+. The lowest BCUT2D eigenvalue weighted by atomic mass is 10.0. The van der Waals surface area contributed by atoms with Crippen LogP contribution in [0.2, 0.25) is 0 Å². The van der Waals surface area contributed by atoms with Crippen molar-refractivity contribution in [1.82, 2.24) is 0 Å². The van der Waals surface area contributed by atoms with Gasteiger partial charge in [0.2, 0.25) is 0 Å². The number of hydrogen-bond donors (Lipinski definition) is 0. The van der Waals surface area contributed by atoms with E-state index in [4.69, 9.17) is 20.0 Å². The van der Waals surface area contributed by atoms with Crippen LogP contribution in [0.3, 0.4) is 0 Å². The highest BCUT2D eigenvalue weighted by atomic mass is 16.5. The third-order valence-electron chi connectivity index (χ3n) is 6.65. The second kappa shape index (κ2) is 19.2. The Morgan fingerprint density at radius 1 is 0.674 bits per heavy atom. The Labute approximate surface area is 255 Å². The van der Waals surface area contributed by atoms with E-state index in [1.54, 1.807) is 50.3 Å². The van der Waals surface area contributed by atoms with Crippen molar-refractivity contribution in [2.24, 2.45) is 0 Å². The number of aryl methyl sites for hydroxylation is 2. The van der Waals surface area contributed by atoms with Crippen LogP contribution < -0.4 is 0 Å². The Morgan fingerprint density at radius 2 is 1.14 bits per heavy atom. The molecule has 2 rings (SSSR count). The summed E-state index contributed by atoms with van der Waals surface area (Å²) in [5.41, 5.74) is 4.15. The molecule has 6 heteroatoms. The molecule has 0 fully saturated rings. The van der Waals surface area contributed by atoms with E-state index in [-0.39, 0.29) is 11.3 Å². The minimum absolute atomic E-state index is 0.154. The molecule has 0 unspecified atom stereocenters. The molecule has 0 saturated heterocycles. The van der Waals surface area contributed by atoms with Crippen molar-refractivity contribution in [3.63, 3.8) is 0 Å². The van der Waals surface area contributed by atoms with Gasteiger partial charge in [-0.25, -0.2) is 9.59 Å². The second-order valence-corrected chi connectivity index (χ2v) is 10.3. The highest BCUT2D eigenvalue weighted by Gasteiger charge is 2.09. The summed E-state index contributed by atoms with van der Waals surface area (Å²) in [5.74, 6) is -0.296. The van der Waals surface area contributed by atoms with E-state index in [2.05, 4.69) is 13.2 Å². The summed E-state index contributed by atoms with van der Waals surface area (Å²) in [6.45, 7) is 10.6. The molecule has 0 atom stereocenters. The van der Waals surface area contributed by atoms with Gasteiger partial charge in [-0.2, -0.15) is 10.5 Å². The summed E-state index contributed by atoms with van der Waals surface area (Å²) in [5, 5.41) is 17.5. The molecule has 0 aromatic heterocycles. The van der Waals surface area contributed by atoms with E-state index < -0.39 is 11.9 Å². The van der Waals surface area contributed by atoms with Crippen molar-refractivity contribution in [2.45, 2.75) is 71.6 Å². The minimum atomic E-state index is -0.485. The van der Waals surface area contributed by atoms with Gasteiger partial charge in [-0.1, -0.05) is 69.5 Å². The fourth-order valence-corrected chi connectivity index (χ4v) is 4.12. The molecule has 43 heavy (non-hydrogen) atoms. The van der Waals surface area contributed by atoms with E-state index >= 15 is 0 Å². The van der Waals surface area contributed by atoms with Gasteiger partial charge in [0, 0.05) is 11.1 Å². The van der Waals surface area contributed by atoms with Gasteiger partial charge < -0.3 is 9.47 Å². The molecule has 0 radical (unpaired) electrons. The number of nitrogens with zero attached hydrogens (tertiary/aromatic N) is 2. The lowest BCUT2D eigenvalue weighted by Crippen LogP contribution is -2.03. The number of esters is 2. The number of nitriles is 2. The number of unbranched alkanes of at least 4 members (excludes halogenated alkanes) is 6. The van der Waals surface area contributed by atoms with Crippen LogP contribution in [0.15, 0.2) is 109 Å². The van der Waals surface area contributed by atoms with Crippen LogP contribution in [0.25, 0.3) is 0 Å². The van der Waals surface area contributed by atoms with Crippen LogP contribution in [-0.2, 0) is 22.3 Å². The van der Waals surface area contributed by atoms with Gasteiger partial charge in [0.05, 0.1) is 23.3 Å². The molecule has 0 spiro atoms. The fourth-order valence-electron chi connectivity index (χ4n) is 4.12. The molecule has 0 N–H and O–H groups in total. The van der Waals surface area contributed by atoms with E-state index in [1.165, 1.54) is 55.4 Å². The molecule has 0 bridgehead atoms. The van der Waals surface area contributed by atoms with Crippen LogP contribution in [0.1, 0.15) is 90.6 Å². The van der Waals surface area contributed by atoms with Crippen molar-refractivity contribution in [2.75, 3.05) is 0 Å². The first-order valence-corrected chi connectivity index (χ1v) is 14.6. The van der Waals surface area contributed by atoms with Gasteiger partial charge in [0.15, 0.2) is 0 Å². The summed E-state index contributed by atoms with van der Waals surface area (Å²) in [6, 6.07) is 18.9. The Balaban J connectivity index is 1.58. The molecule has 6 nitrogen and oxygen atoms in total. The van der Waals surface area contributed by atoms with Crippen molar-refractivity contribution >= 4 is 11.9 Å². The third-order valence-corrected chi connectivity index (χ3v) is 6.65. The fraction of sp³-hybridized carbons (Fsp3) is 0.297. The lowest BCUT2D eigenvalue weighted by Gasteiger charge is -2.06. The zero-order chi connectivity index (χ0) is 31.5. The largest absolute Gasteiger partial charge is 0.428 e. The molecule has 0 aliphatic carbocycles. The van der Waals surface area contributed by atoms with Gasteiger partial charge in [-0.15, -0.1) is 0 Å². The molecule has 0 aliphatic rings. The van der Waals surface area contributed by atoms with Crippen LogP contribution in [-0.4, -0.2) is 11.9 Å². The molecule has 0 amide bonds. The molecule has 222 valence electrons. The second-order valence-electron chi connectivity index (χ2n) is 10.3. The number of benzene rings is 2. The number of allylic oxidation sites excluding steroid dienone is 7. The van der Waals surface area contributed by atoms with Gasteiger partial charge in [0.1, 0.15) is 11.5 Å². The highest BCUT2D eigenvalue weighted by molar-refractivity contribution is 5.90. The average Bonchev–Trinajstić information content (AvgIpc) is 3.02. The summed E-state index contributed by atoms with van der Waals surface area (Å²) in [7, 11) is 0. The molecule has 0 heterocycles. The highest BCUT2D eigenvalue weighted by Crippen LogP contribution is 2.15. The SMILES string of the molecule is C=C(C#N)/C=C\C(=C)OC(=O)c1ccc(CCCCCCCCCc2ccc(C(=O)O/C(C)=C/C=C(\C)C#N)cc2)cc1. The molecular weight excluding hydrogens is 536 g/mol. The summed E-state index contributed by atoms with van der Waals surface area (Å²) in [6.07, 6.45) is 16.3. The summed E-state index contributed by atoms with van der Waals surface area (Å²) >= 11 is 0. The average molecular weight is 577 g/mol. The maximum absolute atomic E-state index is 12.3. The van der Waals surface area contributed by atoms with Gasteiger partial charge >= 0.3 is 11.9 Å². The van der Waals surface area contributed by atoms with E-state index in [0.29, 0.717) is 22.5 Å². The Kier molecular flexibility index (Phi) is 15.3. The van der Waals surface area contributed by atoms with E-state index in [1.807, 2.05) is 36.4 Å². The quantitative estimate of drug-likeness (QED) is 0.0612. The van der Waals surface area contributed by atoms with Gasteiger partial charge in [-0.3, -0.25) is 0 Å².